The molecule has 5 heteroatoms. The van der Waals surface area contributed by atoms with E-state index in [9.17, 15) is 0 Å². The normalized spacial score (nSPS) is 14.1. The second-order valence-corrected chi connectivity index (χ2v) is 4.87. The minimum absolute atomic E-state index is 0.662. The number of rotatable bonds is 4. The molecule has 2 heterocycles. The van der Waals surface area contributed by atoms with Gasteiger partial charge in [0.1, 0.15) is 0 Å². The van der Waals surface area contributed by atoms with Gasteiger partial charge >= 0.3 is 0 Å². The van der Waals surface area contributed by atoms with Crippen LogP contribution in [0.3, 0.4) is 0 Å². The first-order valence-corrected chi connectivity index (χ1v) is 6.83. The predicted octanol–water partition coefficient (Wildman–Crippen LogP) is 2.43. The highest BCUT2D eigenvalue weighted by atomic mass is 16.5. The lowest BCUT2D eigenvalue weighted by atomic mass is 10.2. The van der Waals surface area contributed by atoms with E-state index in [0.29, 0.717) is 13.2 Å². The molecule has 0 atom stereocenters. The molecule has 1 aromatic heterocycles. The van der Waals surface area contributed by atoms with Gasteiger partial charge in [-0.2, -0.15) is 0 Å². The molecule has 0 amide bonds. The molecular weight excluding hydrogens is 256 g/mol. The molecule has 1 aromatic carbocycles. The molecule has 2 aromatic rings. The third-order valence-electron chi connectivity index (χ3n) is 3.12. The summed E-state index contributed by atoms with van der Waals surface area (Å²) in [5.74, 6) is 2.51. The highest BCUT2D eigenvalue weighted by Gasteiger charge is 2.10. The van der Waals surface area contributed by atoms with Crippen LogP contribution in [0, 0.1) is 6.92 Å². The van der Waals surface area contributed by atoms with Crippen LogP contribution in [-0.4, -0.2) is 18.4 Å². The van der Waals surface area contributed by atoms with Crippen LogP contribution in [0.4, 0.5) is 0 Å². The molecule has 0 spiro atoms. The highest BCUT2D eigenvalue weighted by Crippen LogP contribution is 2.30. The molecule has 1 N–H and O–H groups in total. The Morgan fingerprint density at radius 1 is 1.10 bits per heavy atom. The van der Waals surface area contributed by atoms with Gasteiger partial charge in [0.2, 0.25) is 0 Å². The van der Waals surface area contributed by atoms with Gasteiger partial charge in [-0.15, -0.1) is 0 Å². The molecule has 5 nitrogen and oxygen atoms in total. The van der Waals surface area contributed by atoms with Crippen molar-refractivity contribution in [1.82, 2.24) is 10.5 Å². The van der Waals surface area contributed by atoms with Gasteiger partial charge in [0.25, 0.3) is 0 Å². The molecule has 106 valence electrons. The first-order valence-electron chi connectivity index (χ1n) is 6.83. The van der Waals surface area contributed by atoms with Gasteiger partial charge in [-0.3, -0.25) is 0 Å². The molecule has 3 rings (SSSR count). The van der Waals surface area contributed by atoms with E-state index in [-0.39, 0.29) is 0 Å². The van der Waals surface area contributed by atoms with Gasteiger partial charge in [-0.1, -0.05) is 11.2 Å². The SMILES string of the molecule is Cc1cc(CNCc2ccc3c(c2)OCCCO3)on1. The minimum atomic E-state index is 0.662. The van der Waals surface area contributed by atoms with Crippen molar-refractivity contribution in [3.63, 3.8) is 0 Å². The summed E-state index contributed by atoms with van der Waals surface area (Å²) in [7, 11) is 0. The lowest BCUT2D eigenvalue weighted by molar-refractivity contribution is 0.297. The number of nitrogens with zero attached hydrogens (tertiary/aromatic N) is 1. The summed E-state index contributed by atoms with van der Waals surface area (Å²) in [6.07, 6.45) is 0.924. The van der Waals surface area contributed by atoms with Crippen molar-refractivity contribution in [2.75, 3.05) is 13.2 Å². The van der Waals surface area contributed by atoms with Crippen LogP contribution in [0.15, 0.2) is 28.8 Å². The van der Waals surface area contributed by atoms with E-state index in [1.165, 1.54) is 0 Å². The molecule has 1 aliphatic heterocycles. The molecule has 0 saturated carbocycles. The number of fused-ring (bicyclic) bond motifs is 1. The smallest absolute Gasteiger partial charge is 0.161 e. The first kappa shape index (κ1) is 13.0. The Hall–Kier alpha value is -2.01. The van der Waals surface area contributed by atoms with Crippen LogP contribution in [0.1, 0.15) is 23.4 Å². The van der Waals surface area contributed by atoms with E-state index in [2.05, 4.69) is 10.5 Å². The van der Waals surface area contributed by atoms with E-state index in [0.717, 1.165) is 48.1 Å². The average molecular weight is 274 g/mol. The zero-order valence-corrected chi connectivity index (χ0v) is 11.5. The fourth-order valence-corrected chi connectivity index (χ4v) is 2.15. The predicted molar refractivity (Wildman–Crippen MR) is 73.8 cm³/mol. The average Bonchev–Trinajstić information content (AvgIpc) is 2.73. The lowest BCUT2D eigenvalue weighted by Crippen LogP contribution is -2.12. The monoisotopic (exact) mass is 274 g/mol. The minimum Gasteiger partial charge on any atom is -0.490 e. The van der Waals surface area contributed by atoms with Gasteiger partial charge < -0.3 is 19.3 Å². The number of aromatic nitrogens is 1. The molecule has 20 heavy (non-hydrogen) atoms. The number of ether oxygens (including phenoxy) is 2. The zero-order valence-electron chi connectivity index (χ0n) is 11.5. The van der Waals surface area contributed by atoms with Crippen LogP contribution in [0.25, 0.3) is 0 Å². The number of hydrogen-bond donors (Lipinski definition) is 1. The molecule has 0 saturated heterocycles. The third-order valence-corrected chi connectivity index (χ3v) is 3.12. The van der Waals surface area contributed by atoms with E-state index < -0.39 is 0 Å². The maximum Gasteiger partial charge on any atom is 0.161 e. The molecule has 1 aliphatic rings. The number of hydrogen-bond acceptors (Lipinski definition) is 5. The van der Waals surface area contributed by atoms with Gasteiger partial charge in [0.15, 0.2) is 17.3 Å². The summed E-state index contributed by atoms with van der Waals surface area (Å²) in [5.41, 5.74) is 2.06. The molecule has 0 aliphatic carbocycles. The van der Waals surface area contributed by atoms with Crippen molar-refractivity contribution in [2.24, 2.45) is 0 Å². The Morgan fingerprint density at radius 2 is 1.95 bits per heavy atom. The van der Waals surface area contributed by atoms with Crippen LogP contribution < -0.4 is 14.8 Å². The number of benzene rings is 1. The second kappa shape index (κ2) is 5.96. The van der Waals surface area contributed by atoms with E-state index >= 15 is 0 Å². The number of nitrogens with one attached hydrogen (secondary N) is 1. The summed E-state index contributed by atoms with van der Waals surface area (Å²) in [6.45, 7) is 4.75. The van der Waals surface area contributed by atoms with Gasteiger partial charge in [-0.25, -0.2) is 0 Å². The second-order valence-electron chi connectivity index (χ2n) is 4.87. The van der Waals surface area contributed by atoms with Crippen molar-refractivity contribution in [3.05, 3.63) is 41.3 Å². The van der Waals surface area contributed by atoms with Crippen molar-refractivity contribution < 1.29 is 14.0 Å². The molecule has 0 fully saturated rings. The Balaban J connectivity index is 1.59. The van der Waals surface area contributed by atoms with Gasteiger partial charge in [0.05, 0.1) is 25.5 Å². The topological polar surface area (TPSA) is 56.5 Å². The Labute approximate surface area is 117 Å². The Morgan fingerprint density at radius 3 is 2.75 bits per heavy atom. The summed E-state index contributed by atoms with van der Waals surface area (Å²) >= 11 is 0. The zero-order chi connectivity index (χ0) is 13.8. The van der Waals surface area contributed by atoms with E-state index in [1.54, 1.807) is 0 Å². The Kier molecular flexibility index (Phi) is 3.87. The lowest BCUT2D eigenvalue weighted by Gasteiger charge is -2.09. The maximum atomic E-state index is 5.68. The van der Waals surface area contributed by atoms with Crippen molar-refractivity contribution in [3.8, 4) is 11.5 Å². The van der Waals surface area contributed by atoms with Crippen molar-refractivity contribution in [1.29, 1.82) is 0 Å². The maximum absolute atomic E-state index is 5.68. The van der Waals surface area contributed by atoms with Crippen molar-refractivity contribution >= 4 is 0 Å². The molecule has 0 radical (unpaired) electrons. The quantitative estimate of drug-likeness (QED) is 0.928. The van der Waals surface area contributed by atoms with Crippen LogP contribution in [0.5, 0.6) is 11.5 Å². The number of aryl methyl sites for hydroxylation is 1. The van der Waals surface area contributed by atoms with Crippen LogP contribution in [0.2, 0.25) is 0 Å². The largest absolute Gasteiger partial charge is 0.490 e. The van der Waals surface area contributed by atoms with Gasteiger partial charge in [0, 0.05) is 19.0 Å². The molecule has 0 unspecified atom stereocenters. The molecule has 0 bridgehead atoms. The van der Waals surface area contributed by atoms with E-state index in [1.807, 2.05) is 31.2 Å². The summed E-state index contributed by atoms with van der Waals surface area (Å²) in [5, 5.41) is 7.18. The highest BCUT2D eigenvalue weighted by molar-refractivity contribution is 5.43. The summed E-state index contributed by atoms with van der Waals surface area (Å²) < 4.78 is 16.4. The fraction of sp³-hybridized carbons (Fsp3) is 0.400. The van der Waals surface area contributed by atoms with Crippen molar-refractivity contribution in [2.45, 2.75) is 26.4 Å². The molecular formula is C15H18N2O3. The first-order chi connectivity index (χ1) is 9.81. The van der Waals surface area contributed by atoms with Crippen LogP contribution in [-0.2, 0) is 13.1 Å². The standard InChI is InChI=1S/C15H18N2O3/c1-11-7-13(20-17-11)10-16-9-12-3-4-14-15(8-12)19-6-2-5-18-14/h3-4,7-8,16H,2,5-6,9-10H2,1H3. The third kappa shape index (κ3) is 3.11. The van der Waals surface area contributed by atoms with E-state index in [4.69, 9.17) is 14.0 Å². The van der Waals surface area contributed by atoms with Crippen LogP contribution >= 0.6 is 0 Å². The van der Waals surface area contributed by atoms with Gasteiger partial charge in [-0.05, 0) is 24.6 Å². The fourth-order valence-electron chi connectivity index (χ4n) is 2.15. The summed E-state index contributed by atoms with van der Waals surface area (Å²) in [6, 6.07) is 7.97. The Bertz CT molecular complexity index is 580. The summed E-state index contributed by atoms with van der Waals surface area (Å²) in [4.78, 5) is 0.